The van der Waals surface area contributed by atoms with Crippen molar-refractivity contribution in [1.82, 2.24) is 4.57 Å². The molecule has 0 radical (unpaired) electrons. The molecule has 1 aromatic heterocycles. The predicted molar refractivity (Wildman–Crippen MR) is 101 cm³/mol. The normalized spacial score (nSPS) is 10.9. The van der Waals surface area contributed by atoms with Crippen LogP contribution in [0.1, 0.15) is 35.3 Å². The Balaban J connectivity index is 1.93. The number of oxazole rings is 1. The molecule has 1 amide bonds. The highest BCUT2D eigenvalue weighted by molar-refractivity contribution is 5.94. The number of hydrogen-bond acceptors (Lipinski definition) is 4. The first-order chi connectivity index (χ1) is 12.9. The number of nitrogens with one attached hydrogen (secondary N) is 1. The molecule has 27 heavy (non-hydrogen) atoms. The number of carboxylic acid groups (broad SMARTS) is 1. The number of hydrogen-bond donors (Lipinski definition) is 2. The third-order valence-electron chi connectivity index (χ3n) is 4.48. The molecule has 0 aliphatic carbocycles. The third-order valence-corrected chi connectivity index (χ3v) is 4.48. The zero-order valence-corrected chi connectivity index (χ0v) is 15.1. The lowest BCUT2D eigenvalue weighted by Gasteiger charge is -2.14. The number of aryl methyl sites for hydroxylation is 2. The Bertz CT molecular complexity index is 1060. The molecule has 3 aromatic rings. The molecule has 0 saturated heterocycles. The van der Waals surface area contributed by atoms with Gasteiger partial charge < -0.3 is 14.8 Å². The van der Waals surface area contributed by atoms with Crippen molar-refractivity contribution in [3.05, 3.63) is 63.6 Å². The van der Waals surface area contributed by atoms with Gasteiger partial charge >= 0.3 is 11.7 Å². The second-order valence-corrected chi connectivity index (χ2v) is 6.15. The number of para-hydroxylation sites is 1. The van der Waals surface area contributed by atoms with E-state index in [0.29, 0.717) is 0 Å². The van der Waals surface area contributed by atoms with Crippen molar-refractivity contribution in [3.63, 3.8) is 0 Å². The fourth-order valence-corrected chi connectivity index (χ4v) is 3.07. The topological polar surface area (TPSA) is 102 Å². The van der Waals surface area contributed by atoms with Crippen LogP contribution in [0.2, 0.25) is 0 Å². The van der Waals surface area contributed by atoms with Gasteiger partial charge in [-0.15, -0.1) is 0 Å². The van der Waals surface area contributed by atoms with E-state index in [2.05, 4.69) is 5.32 Å². The van der Waals surface area contributed by atoms with Gasteiger partial charge in [0.25, 0.3) is 0 Å². The van der Waals surface area contributed by atoms with Crippen LogP contribution >= 0.6 is 0 Å². The molecule has 0 saturated carbocycles. The Morgan fingerprint density at radius 2 is 1.78 bits per heavy atom. The molecule has 0 aliphatic heterocycles. The highest BCUT2D eigenvalue weighted by atomic mass is 16.4. The Hall–Kier alpha value is -3.35. The molecule has 0 bridgehead atoms. The summed E-state index contributed by atoms with van der Waals surface area (Å²) in [4.78, 5) is 35.9. The molecule has 0 unspecified atom stereocenters. The minimum atomic E-state index is -1.12. The van der Waals surface area contributed by atoms with E-state index < -0.39 is 11.7 Å². The fraction of sp³-hybridized carbons (Fsp3) is 0.250. The summed E-state index contributed by atoms with van der Waals surface area (Å²) < 4.78 is 6.25. The summed E-state index contributed by atoms with van der Waals surface area (Å²) in [7, 11) is 0. The Kier molecular flexibility index (Phi) is 5.12. The van der Waals surface area contributed by atoms with Crippen LogP contribution in [-0.2, 0) is 24.2 Å². The van der Waals surface area contributed by atoms with Crippen molar-refractivity contribution in [2.24, 2.45) is 0 Å². The number of carbonyl (C=O) groups excluding carboxylic acids is 1. The number of rotatable bonds is 6. The molecule has 2 N–H and O–H groups in total. The van der Waals surface area contributed by atoms with Gasteiger partial charge in [0.1, 0.15) is 6.54 Å². The van der Waals surface area contributed by atoms with Crippen molar-refractivity contribution in [1.29, 1.82) is 0 Å². The highest BCUT2D eigenvalue weighted by Crippen LogP contribution is 2.23. The number of fused-ring (bicyclic) bond motifs is 1. The largest absolute Gasteiger partial charge is 0.478 e. The Morgan fingerprint density at radius 1 is 1.11 bits per heavy atom. The van der Waals surface area contributed by atoms with Crippen molar-refractivity contribution in [3.8, 4) is 0 Å². The van der Waals surface area contributed by atoms with Crippen LogP contribution in [-0.4, -0.2) is 21.6 Å². The first-order valence-corrected chi connectivity index (χ1v) is 8.71. The maximum absolute atomic E-state index is 12.6. The quantitative estimate of drug-likeness (QED) is 0.696. The van der Waals surface area contributed by atoms with Crippen LogP contribution in [0.15, 0.2) is 45.6 Å². The van der Waals surface area contributed by atoms with Gasteiger partial charge in [-0.2, -0.15) is 0 Å². The standard InChI is InChI=1S/C20H20N2O5/c1-3-12-6-5-7-13(4-2)18(12)21-17(23)11-22-15-10-14(19(24)25)8-9-16(15)27-20(22)26/h5-10H,3-4,11H2,1-2H3,(H,21,23)(H,24,25). The van der Waals surface area contributed by atoms with Gasteiger partial charge in [0.2, 0.25) is 5.91 Å². The van der Waals surface area contributed by atoms with Gasteiger partial charge in [-0.3, -0.25) is 9.36 Å². The molecule has 7 nitrogen and oxygen atoms in total. The molecule has 0 spiro atoms. The number of anilines is 1. The van der Waals surface area contributed by atoms with Crippen molar-refractivity contribution < 1.29 is 19.1 Å². The molecular weight excluding hydrogens is 348 g/mol. The van der Waals surface area contributed by atoms with Gasteiger partial charge in [-0.25, -0.2) is 9.59 Å². The first kappa shape index (κ1) is 18.4. The van der Waals surface area contributed by atoms with Crippen LogP contribution in [0.25, 0.3) is 11.1 Å². The average molecular weight is 368 g/mol. The first-order valence-electron chi connectivity index (χ1n) is 8.71. The number of aromatic nitrogens is 1. The summed E-state index contributed by atoms with van der Waals surface area (Å²) in [5.74, 6) is -2.20. The maximum atomic E-state index is 12.6. The zero-order valence-electron chi connectivity index (χ0n) is 15.1. The SMILES string of the molecule is CCc1cccc(CC)c1NC(=O)Cn1c(=O)oc2ccc(C(=O)O)cc21. The minimum absolute atomic E-state index is 0.0158. The second kappa shape index (κ2) is 7.49. The number of nitrogens with zero attached hydrogens (tertiary/aromatic N) is 1. The zero-order chi connectivity index (χ0) is 19.6. The minimum Gasteiger partial charge on any atom is -0.478 e. The van der Waals surface area contributed by atoms with Crippen molar-refractivity contribution in [2.75, 3.05) is 5.32 Å². The monoisotopic (exact) mass is 368 g/mol. The molecule has 3 rings (SSSR count). The molecule has 0 fully saturated rings. The lowest BCUT2D eigenvalue weighted by Crippen LogP contribution is -2.25. The highest BCUT2D eigenvalue weighted by Gasteiger charge is 2.16. The van der Waals surface area contributed by atoms with E-state index >= 15 is 0 Å². The van der Waals surface area contributed by atoms with Crippen LogP contribution in [0, 0.1) is 0 Å². The maximum Gasteiger partial charge on any atom is 0.420 e. The molecular formula is C20H20N2O5. The van der Waals surface area contributed by atoms with Gasteiger partial charge in [0.15, 0.2) is 5.58 Å². The van der Waals surface area contributed by atoms with E-state index in [4.69, 9.17) is 9.52 Å². The molecule has 7 heteroatoms. The lowest BCUT2D eigenvalue weighted by atomic mass is 10.0. The van der Waals surface area contributed by atoms with Gasteiger partial charge in [0, 0.05) is 5.69 Å². The Morgan fingerprint density at radius 3 is 2.37 bits per heavy atom. The summed E-state index contributed by atoms with van der Waals surface area (Å²) >= 11 is 0. The Labute approximate surface area is 155 Å². The fourth-order valence-electron chi connectivity index (χ4n) is 3.07. The number of carboxylic acids is 1. The smallest absolute Gasteiger partial charge is 0.420 e. The van der Waals surface area contributed by atoms with Crippen LogP contribution in [0.3, 0.4) is 0 Å². The van der Waals surface area contributed by atoms with E-state index in [-0.39, 0.29) is 29.1 Å². The number of benzene rings is 2. The van der Waals surface area contributed by atoms with Gasteiger partial charge in [0.05, 0.1) is 11.1 Å². The predicted octanol–water partition coefficient (Wildman–Crippen LogP) is 3.06. The van der Waals surface area contributed by atoms with E-state index in [1.165, 1.54) is 18.2 Å². The lowest BCUT2D eigenvalue weighted by molar-refractivity contribution is -0.116. The van der Waals surface area contributed by atoms with E-state index in [1.54, 1.807) is 0 Å². The summed E-state index contributed by atoms with van der Waals surface area (Å²) in [5.41, 5.74) is 3.32. The van der Waals surface area contributed by atoms with E-state index in [0.717, 1.165) is 34.2 Å². The second-order valence-electron chi connectivity index (χ2n) is 6.15. The molecule has 0 atom stereocenters. The van der Waals surface area contributed by atoms with Crippen molar-refractivity contribution in [2.45, 2.75) is 33.2 Å². The molecule has 1 heterocycles. The third kappa shape index (κ3) is 3.62. The summed E-state index contributed by atoms with van der Waals surface area (Å²) in [6, 6.07) is 9.95. The average Bonchev–Trinajstić information content (AvgIpc) is 2.96. The van der Waals surface area contributed by atoms with Crippen LogP contribution in [0.5, 0.6) is 0 Å². The van der Waals surface area contributed by atoms with Crippen LogP contribution < -0.4 is 11.1 Å². The van der Waals surface area contributed by atoms with Gasteiger partial charge in [-0.1, -0.05) is 32.0 Å². The number of carbonyl (C=O) groups is 2. The molecule has 2 aromatic carbocycles. The number of amides is 1. The van der Waals surface area contributed by atoms with Crippen molar-refractivity contribution >= 4 is 28.7 Å². The molecule has 140 valence electrons. The van der Waals surface area contributed by atoms with Gasteiger partial charge in [-0.05, 0) is 42.2 Å². The summed E-state index contributed by atoms with van der Waals surface area (Å²) in [5, 5.41) is 12.0. The molecule has 0 aliphatic rings. The van der Waals surface area contributed by atoms with E-state index in [1.807, 2.05) is 32.0 Å². The summed E-state index contributed by atoms with van der Waals surface area (Å²) in [6.45, 7) is 3.74. The van der Waals surface area contributed by atoms with E-state index in [9.17, 15) is 14.4 Å². The number of aromatic carboxylic acids is 1. The summed E-state index contributed by atoms with van der Waals surface area (Å²) in [6.07, 6.45) is 1.53. The van der Waals surface area contributed by atoms with Crippen LogP contribution in [0.4, 0.5) is 5.69 Å².